The summed E-state index contributed by atoms with van der Waals surface area (Å²) in [5.41, 5.74) is 3.42. The SMILES string of the molecule is COc1cc(C)c(NC(=O)Cn2cc(C(=O)O)c3ccccc32)cc1C. The fraction of sp³-hybridized carbons (Fsp3) is 0.200. The number of aromatic nitrogens is 1. The van der Waals surface area contributed by atoms with Crippen molar-refractivity contribution >= 4 is 28.5 Å². The first-order chi connectivity index (χ1) is 12.4. The molecule has 0 unspecified atom stereocenters. The Bertz CT molecular complexity index is 1000. The van der Waals surface area contributed by atoms with E-state index in [2.05, 4.69) is 5.32 Å². The molecule has 3 aromatic rings. The number of carboxylic acids is 1. The topological polar surface area (TPSA) is 80.6 Å². The molecule has 1 aromatic heterocycles. The molecule has 0 atom stereocenters. The third kappa shape index (κ3) is 3.26. The number of hydrogen-bond donors (Lipinski definition) is 2. The number of nitrogens with one attached hydrogen (secondary N) is 1. The van der Waals surface area contributed by atoms with Crippen LogP contribution in [0.15, 0.2) is 42.6 Å². The maximum atomic E-state index is 12.5. The van der Waals surface area contributed by atoms with E-state index in [0.717, 1.165) is 16.9 Å². The maximum Gasteiger partial charge on any atom is 0.337 e. The summed E-state index contributed by atoms with van der Waals surface area (Å²) in [6.45, 7) is 3.83. The lowest BCUT2D eigenvalue weighted by Crippen LogP contribution is -2.19. The van der Waals surface area contributed by atoms with Crippen molar-refractivity contribution in [3.05, 3.63) is 59.3 Å². The van der Waals surface area contributed by atoms with Crippen molar-refractivity contribution in [3.63, 3.8) is 0 Å². The lowest BCUT2D eigenvalue weighted by molar-refractivity contribution is -0.116. The van der Waals surface area contributed by atoms with Gasteiger partial charge in [0.25, 0.3) is 0 Å². The van der Waals surface area contributed by atoms with Gasteiger partial charge in [0.2, 0.25) is 5.91 Å². The Morgan fingerprint density at radius 2 is 1.88 bits per heavy atom. The number of ether oxygens (including phenoxy) is 1. The molecule has 3 rings (SSSR count). The molecule has 26 heavy (non-hydrogen) atoms. The van der Waals surface area contributed by atoms with Crippen molar-refractivity contribution in [1.82, 2.24) is 4.57 Å². The van der Waals surface area contributed by atoms with E-state index in [1.54, 1.807) is 29.9 Å². The van der Waals surface area contributed by atoms with Crippen LogP contribution in [0.1, 0.15) is 21.5 Å². The minimum atomic E-state index is -1.01. The number of carboxylic acid groups (broad SMARTS) is 1. The highest BCUT2D eigenvalue weighted by molar-refractivity contribution is 6.04. The summed E-state index contributed by atoms with van der Waals surface area (Å²) in [7, 11) is 1.61. The normalized spacial score (nSPS) is 10.7. The van der Waals surface area contributed by atoms with Crippen molar-refractivity contribution in [2.24, 2.45) is 0 Å². The monoisotopic (exact) mass is 352 g/mol. The molecule has 1 amide bonds. The van der Waals surface area contributed by atoms with Gasteiger partial charge in [0, 0.05) is 22.8 Å². The van der Waals surface area contributed by atoms with Crippen LogP contribution in [0, 0.1) is 13.8 Å². The summed E-state index contributed by atoms with van der Waals surface area (Å²) < 4.78 is 6.93. The summed E-state index contributed by atoms with van der Waals surface area (Å²) in [5.74, 6) is -0.472. The van der Waals surface area contributed by atoms with E-state index >= 15 is 0 Å². The molecule has 0 saturated heterocycles. The molecule has 134 valence electrons. The van der Waals surface area contributed by atoms with Crippen molar-refractivity contribution in [2.75, 3.05) is 12.4 Å². The second kappa shape index (κ2) is 6.92. The highest BCUT2D eigenvalue weighted by Gasteiger charge is 2.16. The van der Waals surface area contributed by atoms with Gasteiger partial charge in [0.1, 0.15) is 12.3 Å². The highest BCUT2D eigenvalue weighted by Crippen LogP contribution is 2.26. The Labute approximate surface area is 151 Å². The molecule has 2 aromatic carbocycles. The van der Waals surface area contributed by atoms with Gasteiger partial charge in [-0.15, -0.1) is 0 Å². The van der Waals surface area contributed by atoms with E-state index < -0.39 is 5.97 Å². The van der Waals surface area contributed by atoms with E-state index in [-0.39, 0.29) is 18.0 Å². The lowest BCUT2D eigenvalue weighted by Gasteiger charge is -2.13. The first-order valence-electron chi connectivity index (χ1n) is 8.17. The van der Waals surface area contributed by atoms with Crippen molar-refractivity contribution in [3.8, 4) is 5.75 Å². The number of para-hydroxylation sites is 1. The van der Waals surface area contributed by atoms with E-state index in [0.29, 0.717) is 16.6 Å². The van der Waals surface area contributed by atoms with Crippen LogP contribution in [0.2, 0.25) is 0 Å². The summed E-state index contributed by atoms with van der Waals surface area (Å²) >= 11 is 0. The Morgan fingerprint density at radius 1 is 1.15 bits per heavy atom. The molecule has 0 aliphatic heterocycles. The molecule has 6 nitrogen and oxygen atoms in total. The average Bonchev–Trinajstić information content (AvgIpc) is 2.97. The fourth-order valence-electron chi connectivity index (χ4n) is 3.04. The molecule has 0 bridgehead atoms. The molecule has 0 aliphatic rings. The molecule has 0 aliphatic carbocycles. The van der Waals surface area contributed by atoms with Gasteiger partial charge in [-0.05, 0) is 43.2 Å². The summed E-state index contributed by atoms with van der Waals surface area (Å²) in [6, 6.07) is 10.9. The minimum Gasteiger partial charge on any atom is -0.496 e. The number of anilines is 1. The Balaban J connectivity index is 1.86. The second-order valence-corrected chi connectivity index (χ2v) is 6.18. The first-order valence-corrected chi connectivity index (χ1v) is 8.17. The number of carbonyl (C=O) groups is 2. The van der Waals surface area contributed by atoms with Crippen molar-refractivity contribution in [2.45, 2.75) is 20.4 Å². The van der Waals surface area contributed by atoms with Crippen LogP contribution in [0.5, 0.6) is 5.75 Å². The molecule has 2 N–H and O–H groups in total. The number of benzene rings is 2. The van der Waals surface area contributed by atoms with Crippen LogP contribution in [0.3, 0.4) is 0 Å². The van der Waals surface area contributed by atoms with Gasteiger partial charge in [0.05, 0.1) is 12.7 Å². The number of fused-ring (bicyclic) bond motifs is 1. The zero-order valence-corrected chi connectivity index (χ0v) is 14.9. The van der Waals surface area contributed by atoms with Gasteiger partial charge < -0.3 is 19.7 Å². The van der Waals surface area contributed by atoms with E-state index in [1.165, 1.54) is 6.20 Å². The Hall–Kier alpha value is -3.28. The highest BCUT2D eigenvalue weighted by atomic mass is 16.5. The minimum absolute atomic E-state index is 0.0261. The molecule has 0 saturated carbocycles. The number of aryl methyl sites for hydroxylation is 2. The number of carbonyl (C=O) groups excluding carboxylic acids is 1. The predicted molar refractivity (Wildman–Crippen MR) is 100.0 cm³/mol. The Kier molecular flexibility index (Phi) is 4.67. The maximum absolute atomic E-state index is 12.5. The van der Waals surface area contributed by atoms with Gasteiger partial charge in [-0.25, -0.2) is 4.79 Å². The van der Waals surface area contributed by atoms with Crippen LogP contribution in [0.4, 0.5) is 5.69 Å². The van der Waals surface area contributed by atoms with E-state index in [4.69, 9.17) is 4.74 Å². The fourth-order valence-corrected chi connectivity index (χ4v) is 3.04. The van der Waals surface area contributed by atoms with Gasteiger partial charge in [0.15, 0.2) is 0 Å². The number of methoxy groups -OCH3 is 1. The van der Waals surface area contributed by atoms with Crippen LogP contribution < -0.4 is 10.1 Å². The molecule has 0 fully saturated rings. The quantitative estimate of drug-likeness (QED) is 0.735. The van der Waals surface area contributed by atoms with Crippen molar-refractivity contribution < 1.29 is 19.4 Å². The standard InChI is InChI=1S/C20H20N2O4/c1-12-9-18(26-3)13(2)8-16(12)21-19(23)11-22-10-15(20(24)25)14-6-4-5-7-17(14)22/h4-10H,11H2,1-3H3,(H,21,23)(H,24,25). The van der Waals surface area contributed by atoms with Crippen LogP contribution >= 0.6 is 0 Å². The number of aromatic carboxylic acids is 1. The molecule has 1 heterocycles. The lowest BCUT2D eigenvalue weighted by atomic mass is 10.1. The van der Waals surface area contributed by atoms with Gasteiger partial charge >= 0.3 is 5.97 Å². The van der Waals surface area contributed by atoms with Gasteiger partial charge in [-0.1, -0.05) is 18.2 Å². The number of hydrogen-bond acceptors (Lipinski definition) is 3. The summed E-state index contributed by atoms with van der Waals surface area (Å²) in [5, 5.41) is 12.9. The number of amides is 1. The van der Waals surface area contributed by atoms with E-state index in [1.807, 2.05) is 32.0 Å². The van der Waals surface area contributed by atoms with Crippen LogP contribution in [-0.2, 0) is 11.3 Å². The summed E-state index contributed by atoms with van der Waals surface area (Å²) in [4.78, 5) is 23.9. The zero-order valence-electron chi connectivity index (χ0n) is 14.9. The second-order valence-electron chi connectivity index (χ2n) is 6.18. The molecular formula is C20H20N2O4. The number of nitrogens with zero attached hydrogens (tertiary/aromatic N) is 1. The number of rotatable bonds is 5. The third-order valence-corrected chi connectivity index (χ3v) is 4.35. The molecule has 0 radical (unpaired) electrons. The van der Waals surface area contributed by atoms with Crippen LogP contribution in [-0.4, -0.2) is 28.7 Å². The van der Waals surface area contributed by atoms with Gasteiger partial charge in [-0.2, -0.15) is 0 Å². The van der Waals surface area contributed by atoms with Crippen molar-refractivity contribution in [1.29, 1.82) is 0 Å². The van der Waals surface area contributed by atoms with Crippen LogP contribution in [0.25, 0.3) is 10.9 Å². The van der Waals surface area contributed by atoms with Gasteiger partial charge in [-0.3, -0.25) is 4.79 Å². The average molecular weight is 352 g/mol. The Morgan fingerprint density at radius 3 is 2.58 bits per heavy atom. The van der Waals surface area contributed by atoms with E-state index in [9.17, 15) is 14.7 Å². The zero-order chi connectivity index (χ0) is 18.8. The summed E-state index contributed by atoms with van der Waals surface area (Å²) in [6.07, 6.45) is 1.50. The molecule has 6 heteroatoms. The first kappa shape index (κ1) is 17.5. The molecular weight excluding hydrogens is 332 g/mol. The smallest absolute Gasteiger partial charge is 0.337 e. The predicted octanol–water partition coefficient (Wildman–Crippen LogP) is 3.60. The molecule has 0 spiro atoms. The third-order valence-electron chi connectivity index (χ3n) is 4.35. The largest absolute Gasteiger partial charge is 0.496 e.